The number of likely N-dealkylation sites (tertiary alicyclic amines) is 1. The number of fused-ring (bicyclic) bond motifs is 7. The highest BCUT2D eigenvalue weighted by Crippen LogP contribution is 2.77. The summed E-state index contributed by atoms with van der Waals surface area (Å²) >= 11 is 6.50. The normalized spacial score (nSPS) is 38.5. The summed E-state index contributed by atoms with van der Waals surface area (Å²) in [6.07, 6.45) is 10.7. The molecular formula is C51H70ClN3O7. The molecule has 0 spiro atoms. The molecule has 0 bridgehead atoms. The average molecular weight is 873 g/mol. The van der Waals surface area contributed by atoms with Crippen molar-refractivity contribution in [1.82, 2.24) is 15.1 Å². The minimum absolute atomic E-state index is 0.0278. The fraction of sp³-hybridized carbons (Fsp3) is 0.745. The number of carboxylic acid groups (broad SMARTS) is 1. The summed E-state index contributed by atoms with van der Waals surface area (Å²) in [5, 5.41) is 19.8. The number of ether oxygens (including phenoxy) is 2. The number of nitrogens with zero attached hydrogens (tertiary/aromatic N) is 3. The SMILES string of the molecule is CC(C)C1=C2[C@H]3CC[C@@H]4[C@@]5(C)CC[C@H](OC(=O)[C@H]6C[C@@H](C(=O)O)C6(C)C)C(C)(C)[C@@H]5CC[C@@]4(C)[C@]3(C)CC[C@@]2(c2nnc(-c3ccc(Cl)cc3OCCN3CCCC3)o2)CC1=O. The number of hydrogen-bond donors (Lipinski definition) is 1. The molecule has 0 unspecified atom stereocenters. The summed E-state index contributed by atoms with van der Waals surface area (Å²) in [5.41, 5.74) is 1.52. The molecule has 5 saturated carbocycles. The molecule has 0 amide bonds. The van der Waals surface area contributed by atoms with Gasteiger partial charge in [0.15, 0.2) is 5.78 Å². The van der Waals surface area contributed by atoms with Gasteiger partial charge in [0.05, 0.1) is 22.8 Å². The van der Waals surface area contributed by atoms with Crippen LogP contribution in [0, 0.1) is 62.6 Å². The first-order chi connectivity index (χ1) is 29.2. The van der Waals surface area contributed by atoms with Crippen LogP contribution in [-0.4, -0.2) is 70.3 Å². The van der Waals surface area contributed by atoms with Crippen molar-refractivity contribution in [3.05, 3.63) is 40.3 Å². The summed E-state index contributed by atoms with van der Waals surface area (Å²) in [5.74, 6) is 0.972. The van der Waals surface area contributed by atoms with Crippen LogP contribution in [0.3, 0.4) is 0 Å². The number of Topliss-reactive ketones (excluding diaryl/α,β-unsaturated/α-hetero) is 1. The number of rotatable bonds is 10. The summed E-state index contributed by atoms with van der Waals surface area (Å²) < 4.78 is 19.6. The number of ketones is 1. The second-order valence-electron chi connectivity index (χ2n) is 23.0. The zero-order valence-electron chi connectivity index (χ0n) is 38.7. The van der Waals surface area contributed by atoms with Crippen LogP contribution in [-0.2, 0) is 24.5 Å². The Kier molecular flexibility index (Phi) is 10.8. The van der Waals surface area contributed by atoms with Gasteiger partial charge in [-0.05, 0) is 158 Å². The largest absolute Gasteiger partial charge is 0.491 e. The zero-order valence-corrected chi connectivity index (χ0v) is 39.5. The lowest BCUT2D eigenvalue weighted by molar-refractivity contribution is -0.235. The molecule has 6 fully saturated rings. The van der Waals surface area contributed by atoms with Crippen molar-refractivity contribution in [2.45, 2.75) is 151 Å². The molecule has 2 heterocycles. The maximum Gasteiger partial charge on any atom is 0.309 e. The highest BCUT2D eigenvalue weighted by Gasteiger charge is 2.71. The van der Waals surface area contributed by atoms with Crippen molar-refractivity contribution in [3.8, 4) is 17.2 Å². The third-order valence-corrected chi connectivity index (χ3v) is 19.6. The third kappa shape index (κ3) is 6.42. The first-order valence-corrected chi connectivity index (χ1v) is 24.3. The Balaban J connectivity index is 0.986. The van der Waals surface area contributed by atoms with Crippen LogP contribution >= 0.6 is 11.6 Å². The van der Waals surface area contributed by atoms with Crippen LogP contribution in [0.4, 0.5) is 0 Å². The number of esters is 1. The molecule has 6 aliphatic carbocycles. The van der Waals surface area contributed by atoms with Crippen molar-refractivity contribution >= 4 is 29.3 Å². The molecular weight excluding hydrogens is 802 g/mol. The van der Waals surface area contributed by atoms with Gasteiger partial charge in [-0.2, -0.15) is 0 Å². The summed E-state index contributed by atoms with van der Waals surface area (Å²) in [7, 11) is 0. The number of benzene rings is 1. The molecule has 1 N–H and O–H groups in total. The minimum atomic E-state index is -0.831. The van der Waals surface area contributed by atoms with E-state index in [0.717, 1.165) is 82.1 Å². The van der Waals surface area contributed by atoms with Gasteiger partial charge in [0.25, 0.3) is 5.89 Å². The maximum absolute atomic E-state index is 14.4. The Morgan fingerprint density at radius 2 is 1.65 bits per heavy atom. The molecule has 7 aliphatic rings. The Hall–Kier alpha value is -3.24. The van der Waals surface area contributed by atoms with E-state index in [1.807, 2.05) is 32.0 Å². The predicted molar refractivity (Wildman–Crippen MR) is 237 cm³/mol. The Labute approximate surface area is 373 Å². The van der Waals surface area contributed by atoms with Gasteiger partial charge in [0.2, 0.25) is 5.89 Å². The molecule has 11 heteroatoms. The van der Waals surface area contributed by atoms with Gasteiger partial charge in [-0.25, -0.2) is 0 Å². The fourth-order valence-electron chi connectivity index (χ4n) is 15.6. The van der Waals surface area contributed by atoms with Gasteiger partial charge in [-0.15, -0.1) is 10.2 Å². The standard InChI is InChI=1S/C51H70ClN3O7/c1-29(2)40-35(56)28-51(45-54-53-42(62-45)31-13-12-30(52)26-36(31)60-25-24-55-22-10-11-23-55)21-20-49(8)32(41(40)51)14-15-38-48(7)18-17-39(47(5,6)37(48)16-19-50(38,49)9)61-44(59)34-27-33(43(57)58)46(34,3)4/h12-13,26,29,32-34,37-39H,10-11,14-25,27-28H2,1-9H3,(H,57,58)/t32-,33+,34-,37+,38-,39+,48+,49-,50-,51-/m1/s1. The second kappa shape index (κ2) is 15.2. The Morgan fingerprint density at radius 1 is 0.903 bits per heavy atom. The van der Waals surface area contributed by atoms with Crippen molar-refractivity contribution < 1.29 is 33.4 Å². The number of allylic oxidation sites excluding steroid dienone is 2. The average Bonchev–Trinajstić information content (AvgIpc) is 3.96. The molecule has 338 valence electrons. The van der Waals surface area contributed by atoms with Gasteiger partial charge < -0.3 is 19.0 Å². The second-order valence-corrected chi connectivity index (χ2v) is 23.5. The molecule has 1 aromatic carbocycles. The molecule has 62 heavy (non-hydrogen) atoms. The number of carbonyl (C=O) groups excluding carboxylic acids is 2. The summed E-state index contributed by atoms with van der Waals surface area (Å²) in [6.45, 7) is 24.0. The number of halogens is 1. The summed E-state index contributed by atoms with van der Waals surface area (Å²) in [4.78, 5) is 42.4. The van der Waals surface area contributed by atoms with Crippen molar-refractivity contribution in [3.63, 3.8) is 0 Å². The van der Waals surface area contributed by atoms with Gasteiger partial charge in [0.1, 0.15) is 18.5 Å². The quantitative estimate of drug-likeness (QED) is 0.230. The van der Waals surface area contributed by atoms with E-state index in [1.54, 1.807) is 0 Å². The lowest BCUT2D eigenvalue weighted by Gasteiger charge is -2.72. The number of carboxylic acids is 1. The number of hydrogen-bond acceptors (Lipinski definition) is 9. The van der Waals surface area contributed by atoms with Gasteiger partial charge in [0, 0.05) is 23.4 Å². The van der Waals surface area contributed by atoms with E-state index in [9.17, 15) is 19.5 Å². The van der Waals surface area contributed by atoms with E-state index in [0.29, 0.717) is 53.8 Å². The summed E-state index contributed by atoms with van der Waals surface area (Å²) in [6, 6.07) is 5.57. The van der Waals surface area contributed by atoms with Crippen molar-refractivity contribution in [2.24, 2.45) is 62.6 Å². The van der Waals surface area contributed by atoms with E-state index >= 15 is 0 Å². The van der Waals surface area contributed by atoms with Crippen molar-refractivity contribution in [1.29, 1.82) is 0 Å². The maximum atomic E-state index is 14.4. The van der Waals surface area contributed by atoms with Crippen LogP contribution < -0.4 is 4.74 Å². The Bertz CT molecular complexity index is 2170. The van der Waals surface area contributed by atoms with Crippen LogP contribution in [0.1, 0.15) is 145 Å². The van der Waals surface area contributed by atoms with E-state index in [-0.39, 0.29) is 57.3 Å². The van der Waals surface area contributed by atoms with Gasteiger partial charge in [-0.3, -0.25) is 19.3 Å². The van der Waals surface area contributed by atoms with Crippen LogP contribution in [0.25, 0.3) is 11.5 Å². The predicted octanol–water partition coefficient (Wildman–Crippen LogP) is 10.8. The molecule has 1 aliphatic heterocycles. The zero-order chi connectivity index (χ0) is 44.4. The van der Waals surface area contributed by atoms with E-state index in [2.05, 4.69) is 58.5 Å². The molecule has 1 aromatic heterocycles. The molecule has 10 nitrogen and oxygen atoms in total. The van der Waals surface area contributed by atoms with Gasteiger partial charge >= 0.3 is 11.9 Å². The minimum Gasteiger partial charge on any atom is -0.491 e. The first kappa shape index (κ1) is 44.0. The third-order valence-electron chi connectivity index (χ3n) is 19.4. The van der Waals surface area contributed by atoms with E-state index < -0.39 is 22.7 Å². The highest BCUT2D eigenvalue weighted by molar-refractivity contribution is 6.30. The number of aromatic nitrogens is 2. The van der Waals surface area contributed by atoms with Crippen LogP contribution in [0.15, 0.2) is 33.8 Å². The first-order valence-electron chi connectivity index (χ1n) is 23.9. The fourth-order valence-corrected chi connectivity index (χ4v) is 15.8. The van der Waals surface area contributed by atoms with E-state index in [1.165, 1.54) is 18.4 Å². The lowest BCUT2D eigenvalue weighted by atomic mass is 9.33. The van der Waals surface area contributed by atoms with Gasteiger partial charge in [-0.1, -0.05) is 73.9 Å². The topological polar surface area (TPSA) is 132 Å². The molecule has 0 radical (unpaired) electrons. The lowest BCUT2D eigenvalue weighted by Crippen LogP contribution is -2.66. The molecule has 2 aromatic rings. The van der Waals surface area contributed by atoms with Crippen LogP contribution in [0.5, 0.6) is 5.75 Å². The number of aliphatic carboxylic acids is 1. The monoisotopic (exact) mass is 871 g/mol. The number of carbonyl (C=O) groups is 3. The molecule has 9 rings (SSSR count). The Morgan fingerprint density at radius 3 is 2.34 bits per heavy atom. The smallest absolute Gasteiger partial charge is 0.309 e. The van der Waals surface area contributed by atoms with Crippen molar-refractivity contribution in [2.75, 3.05) is 26.2 Å². The van der Waals surface area contributed by atoms with Crippen LogP contribution in [0.2, 0.25) is 5.02 Å². The molecule has 1 saturated heterocycles. The van der Waals surface area contributed by atoms with E-state index in [4.69, 9.17) is 30.6 Å². The molecule has 10 atom stereocenters. The highest BCUT2D eigenvalue weighted by atomic mass is 35.5.